The van der Waals surface area contributed by atoms with Crippen LogP contribution in [0.2, 0.25) is 0 Å². The summed E-state index contributed by atoms with van der Waals surface area (Å²) in [6.45, 7) is 4.36. The Kier molecular flexibility index (Phi) is 4.73. The van der Waals surface area contributed by atoms with Crippen molar-refractivity contribution in [1.82, 2.24) is 4.90 Å². The molecule has 1 saturated carbocycles. The summed E-state index contributed by atoms with van der Waals surface area (Å²) >= 11 is 0. The van der Waals surface area contributed by atoms with Crippen molar-refractivity contribution in [3.8, 4) is 23.0 Å². The van der Waals surface area contributed by atoms with E-state index in [1.165, 1.54) is 11.1 Å². The van der Waals surface area contributed by atoms with Crippen molar-refractivity contribution in [1.29, 1.82) is 0 Å². The van der Waals surface area contributed by atoms with E-state index in [0.29, 0.717) is 29.4 Å². The predicted octanol–water partition coefficient (Wildman–Crippen LogP) is 3.91. The van der Waals surface area contributed by atoms with Crippen LogP contribution in [0.1, 0.15) is 47.7 Å². The fourth-order valence-corrected chi connectivity index (χ4v) is 6.31. The molecule has 7 heteroatoms. The zero-order valence-corrected chi connectivity index (χ0v) is 19.3. The van der Waals surface area contributed by atoms with Crippen molar-refractivity contribution in [3.05, 3.63) is 47.0 Å². The monoisotopic (exact) mass is 451 g/mol. The molecule has 0 saturated heterocycles. The van der Waals surface area contributed by atoms with Crippen LogP contribution in [0.5, 0.6) is 23.0 Å². The fraction of sp³-hybridized carbons (Fsp3) is 0.500. The SMILES string of the molecule is COc1ccc2c3c1OC1C[C@@H](OC(=O)c4ccc5c(c4)OCO5)CC(C)[C@@]31CCN(C)C2. The molecule has 6 rings (SSSR count). The molecule has 0 aromatic heterocycles. The lowest BCUT2D eigenvalue weighted by atomic mass is 9.59. The van der Waals surface area contributed by atoms with Gasteiger partial charge in [-0.15, -0.1) is 0 Å². The van der Waals surface area contributed by atoms with Gasteiger partial charge in [0.05, 0.1) is 12.7 Å². The van der Waals surface area contributed by atoms with E-state index in [0.717, 1.165) is 37.4 Å². The Hall–Kier alpha value is -2.93. The molecular weight excluding hydrogens is 422 g/mol. The molecule has 0 N–H and O–H groups in total. The molecule has 3 aliphatic heterocycles. The first-order chi connectivity index (χ1) is 16.0. The lowest BCUT2D eigenvalue weighted by Gasteiger charge is -2.46. The molecule has 0 radical (unpaired) electrons. The van der Waals surface area contributed by atoms with Crippen molar-refractivity contribution < 1.29 is 28.5 Å². The number of benzene rings is 2. The highest BCUT2D eigenvalue weighted by molar-refractivity contribution is 5.90. The third-order valence-electron chi connectivity index (χ3n) is 7.93. The maximum Gasteiger partial charge on any atom is 0.338 e. The van der Waals surface area contributed by atoms with Gasteiger partial charge in [-0.2, -0.15) is 0 Å². The highest BCUT2D eigenvalue weighted by Gasteiger charge is 2.58. The normalized spacial score (nSPS) is 29.5. The van der Waals surface area contributed by atoms with Crippen LogP contribution >= 0.6 is 0 Å². The summed E-state index contributed by atoms with van der Waals surface area (Å²) in [7, 11) is 3.87. The maximum absolute atomic E-state index is 13.0. The minimum Gasteiger partial charge on any atom is -0.493 e. The van der Waals surface area contributed by atoms with Gasteiger partial charge >= 0.3 is 5.97 Å². The lowest BCUT2D eigenvalue weighted by Crippen LogP contribution is -2.52. The van der Waals surface area contributed by atoms with E-state index in [4.69, 9.17) is 23.7 Å². The van der Waals surface area contributed by atoms with Crippen molar-refractivity contribution >= 4 is 5.97 Å². The molecule has 0 amide bonds. The van der Waals surface area contributed by atoms with Gasteiger partial charge < -0.3 is 28.6 Å². The van der Waals surface area contributed by atoms with Crippen LogP contribution in [0.4, 0.5) is 0 Å². The minimum atomic E-state index is -0.337. The summed E-state index contributed by atoms with van der Waals surface area (Å²) in [4.78, 5) is 15.3. The van der Waals surface area contributed by atoms with Crippen molar-refractivity contribution in [2.45, 2.75) is 50.4 Å². The Bertz CT molecular complexity index is 1120. The first kappa shape index (κ1) is 20.7. The zero-order chi connectivity index (χ0) is 22.7. The van der Waals surface area contributed by atoms with Gasteiger partial charge in [0, 0.05) is 23.9 Å². The predicted molar refractivity (Wildman–Crippen MR) is 120 cm³/mol. The van der Waals surface area contributed by atoms with E-state index >= 15 is 0 Å². The number of fused-ring (bicyclic) bond motifs is 1. The summed E-state index contributed by atoms with van der Waals surface area (Å²) in [5, 5.41) is 0. The standard InChI is InChI=1S/C26H29NO6/c1-15-10-18(32-25(28)16-4-6-19-21(11-16)31-14-30-19)12-22-26(15)8-9-27(2)13-17-5-7-20(29-3)24(33-22)23(17)26/h4-7,11,15,18,22H,8-10,12-14H2,1-3H3/t15?,18-,22?,26+/m0/s1. The van der Waals surface area contributed by atoms with Crippen LogP contribution in [0.25, 0.3) is 0 Å². The van der Waals surface area contributed by atoms with Crippen molar-refractivity contribution in [2.24, 2.45) is 5.92 Å². The molecule has 174 valence electrons. The summed E-state index contributed by atoms with van der Waals surface area (Å²) in [5.74, 6) is 2.86. The number of hydrogen-bond donors (Lipinski definition) is 0. The topological polar surface area (TPSA) is 66.5 Å². The van der Waals surface area contributed by atoms with Crippen LogP contribution in [0, 0.1) is 5.92 Å². The quantitative estimate of drug-likeness (QED) is 0.656. The average Bonchev–Trinajstić information content (AvgIpc) is 3.36. The van der Waals surface area contributed by atoms with E-state index in [2.05, 4.69) is 24.9 Å². The van der Waals surface area contributed by atoms with Gasteiger partial charge in [0.15, 0.2) is 23.0 Å². The number of ether oxygens (including phenoxy) is 5. The van der Waals surface area contributed by atoms with E-state index in [9.17, 15) is 4.79 Å². The summed E-state index contributed by atoms with van der Waals surface area (Å²) < 4.78 is 29.1. The van der Waals surface area contributed by atoms with Crippen LogP contribution in [0.3, 0.4) is 0 Å². The number of nitrogens with zero attached hydrogens (tertiary/aromatic N) is 1. The first-order valence-corrected chi connectivity index (χ1v) is 11.7. The second-order valence-electron chi connectivity index (χ2n) is 9.73. The Morgan fingerprint density at radius 1 is 1.15 bits per heavy atom. The molecule has 1 spiro atoms. The van der Waals surface area contributed by atoms with Crippen LogP contribution in [0.15, 0.2) is 30.3 Å². The highest BCUT2D eigenvalue weighted by Crippen LogP contribution is 2.59. The molecule has 3 heterocycles. The molecule has 2 unspecified atom stereocenters. The largest absolute Gasteiger partial charge is 0.493 e. The van der Waals surface area contributed by atoms with E-state index in [1.54, 1.807) is 25.3 Å². The molecule has 4 atom stereocenters. The minimum absolute atomic E-state index is 0.0487. The van der Waals surface area contributed by atoms with Gasteiger partial charge in [-0.05, 0) is 62.2 Å². The number of rotatable bonds is 3. The van der Waals surface area contributed by atoms with Gasteiger partial charge in [-0.1, -0.05) is 13.0 Å². The third kappa shape index (κ3) is 3.09. The van der Waals surface area contributed by atoms with E-state index in [-0.39, 0.29) is 30.4 Å². The summed E-state index contributed by atoms with van der Waals surface area (Å²) in [5.41, 5.74) is 3.01. The molecule has 4 aliphatic rings. The molecule has 1 fully saturated rings. The second kappa shape index (κ2) is 7.55. The number of hydrogen-bond acceptors (Lipinski definition) is 7. The molecule has 2 aromatic carbocycles. The fourth-order valence-electron chi connectivity index (χ4n) is 6.31. The van der Waals surface area contributed by atoms with Gasteiger partial charge in [0.25, 0.3) is 0 Å². The molecule has 0 bridgehead atoms. The molecular formula is C26H29NO6. The smallest absolute Gasteiger partial charge is 0.338 e. The van der Waals surface area contributed by atoms with Gasteiger partial charge in [-0.25, -0.2) is 4.79 Å². The number of carbonyl (C=O) groups is 1. The lowest BCUT2D eigenvalue weighted by molar-refractivity contribution is -0.0378. The average molecular weight is 452 g/mol. The number of carbonyl (C=O) groups excluding carboxylic acids is 1. The third-order valence-corrected chi connectivity index (χ3v) is 7.93. The Morgan fingerprint density at radius 2 is 2.00 bits per heavy atom. The van der Waals surface area contributed by atoms with Crippen molar-refractivity contribution in [2.75, 3.05) is 27.5 Å². The molecule has 2 aromatic rings. The summed E-state index contributed by atoms with van der Waals surface area (Å²) in [6.07, 6.45) is 2.23. The van der Waals surface area contributed by atoms with Crippen LogP contribution < -0.4 is 18.9 Å². The number of esters is 1. The zero-order valence-electron chi connectivity index (χ0n) is 19.3. The molecule has 33 heavy (non-hydrogen) atoms. The maximum atomic E-state index is 13.0. The van der Waals surface area contributed by atoms with E-state index < -0.39 is 0 Å². The Balaban J connectivity index is 1.29. The van der Waals surface area contributed by atoms with Crippen molar-refractivity contribution in [3.63, 3.8) is 0 Å². The van der Waals surface area contributed by atoms with Crippen LogP contribution in [-0.2, 0) is 16.7 Å². The van der Waals surface area contributed by atoms with Gasteiger partial charge in [-0.3, -0.25) is 0 Å². The van der Waals surface area contributed by atoms with E-state index in [1.807, 2.05) is 6.07 Å². The Morgan fingerprint density at radius 3 is 2.85 bits per heavy atom. The Labute approximate surface area is 193 Å². The second-order valence-corrected chi connectivity index (χ2v) is 9.73. The molecule has 7 nitrogen and oxygen atoms in total. The molecule has 1 aliphatic carbocycles. The highest BCUT2D eigenvalue weighted by atomic mass is 16.7. The van der Waals surface area contributed by atoms with Gasteiger partial charge in [0.2, 0.25) is 6.79 Å². The summed E-state index contributed by atoms with van der Waals surface area (Å²) in [6, 6.07) is 9.37. The first-order valence-electron chi connectivity index (χ1n) is 11.7. The van der Waals surface area contributed by atoms with Crippen LogP contribution in [-0.4, -0.2) is 50.6 Å². The number of methoxy groups -OCH3 is 1. The van der Waals surface area contributed by atoms with Gasteiger partial charge in [0.1, 0.15) is 12.2 Å².